The lowest BCUT2D eigenvalue weighted by atomic mass is 9.99. The second-order valence-electron chi connectivity index (χ2n) is 8.34. The van der Waals surface area contributed by atoms with E-state index in [2.05, 4.69) is 35.5 Å². The van der Waals surface area contributed by atoms with Gasteiger partial charge in [0.05, 0.1) is 27.1 Å². The molecule has 4 rings (SSSR count). The van der Waals surface area contributed by atoms with Gasteiger partial charge in [0.25, 0.3) is 0 Å². The quantitative estimate of drug-likeness (QED) is 0.652. The normalized spacial score (nSPS) is 18.5. The summed E-state index contributed by atoms with van der Waals surface area (Å²) in [6, 6.07) is 12.3. The van der Waals surface area contributed by atoms with Gasteiger partial charge in [-0.15, -0.1) is 0 Å². The molecule has 2 aliphatic rings. The zero-order valence-electron chi connectivity index (χ0n) is 19.3. The van der Waals surface area contributed by atoms with Crippen molar-refractivity contribution in [3.63, 3.8) is 0 Å². The van der Waals surface area contributed by atoms with E-state index in [1.54, 1.807) is 0 Å². The van der Waals surface area contributed by atoms with Gasteiger partial charge in [0, 0.05) is 0 Å². The number of fused-ring (bicyclic) bond motifs is 2. The predicted molar refractivity (Wildman–Crippen MR) is 121 cm³/mol. The number of esters is 2. The van der Waals surface area contributed by atoms with Gasteiger partial charge in [0.1, 0.15) is 23.7 Å². The van der Waals surface area contributed by atoms with Crippen LogP contribution < -0.4 is 9.47 Å². The van der Waals surface area contributed by atoms with Gasteiger partial charge in [-0.3, -0.25) is 9.59 Å². The molecule has 0 saturated heterocycles. The molecule has 2 atom stereocenters. The van der Waals surface area contributed by atoms with Gasteiger partial charge >= 0.3 is 11.9 Å². The van der Waals surface area contributed by atoms with Crippen molar-refractivity contribution >= 4 is 11.9 Å². The van der Waals surface area contributed by atoms with E-state index in [0.29, 0.717) is 12.8 Å². The highest BCUT2D eigenvalue weighted by Gasteiger charge is 2.23. The van der Waals surface area contributed by atoms with E-state index in [1.165, 1.54) is 36.5 Å². The predicted octanol–water partition coefficient (Wildman–Crippen LogP) is 4.50. The Morgan fingerprint density at radius 1 is 0.781 bits per heavy atom. The molecule has 0 N–H and O–H groups in total. The molecule has 2 heterocycles. The second kappa shape index (κ2) is 11.0. The van der Waals surface area contributed by atoms with Crippen LogP contribution in [0, 0.1) is 13.8 Å². The first-order chi connectivity index (χ1) is 15.4. The summed E-state index contributed by atoms with van der Waals surface area (Å²) in [5.74, 6) is 1.40. The average molecular weight is 441 g/mol. The molecule has 0 radical (unpaired) electrons. The first kappa shape index (κ1) is 23.6. The highest BCUT2D eigenvalue weighted by molar-refractivity contribution is 5.70. The van der Waals surface area contributed by atoms with Gasteiger partial charge in [-0.05, 0) is 62.8 Å². The molecule has 0 spiro atoms. The monoisotopic (exact) mass is 440 g/mol. The van der Waals surface area contributed by atoms with Crippen molar-refractivity contribution in [1.82, 2.24) is 0 Å². The summed E-state index contributed by atoms with van der Waals surface area (Å²) in [5, 5.41) is 0. The Morgan fingerprint density at radius 2 is 1.19 bits per heavy atom. The molecule has 0 fully saturated rings. The maximum atomic E-state index is 11.1. The number of benzene rings is 2. The molecule has 6 heteroatoms. The van der Waals surface area contributed by atoms with Crippen molar-refractivity contribution in [3.05, 3.63) is 58.7 Å². The second-order valence-corrected chi connectivity index (χ2v) is 8.34. The molecule has 0 unspecified atom stereocenters. The van der Waals surface area contributed by atoms with Gasteiger partial charge in [-0.2, -0.15) is 0 Å². The zero-order chi connectivity index (χ0) is 23.1. The lowest BCUT2D eigenvalue weighted by molar-refractivity contribution is -0.143. The van der Waals surface area contributed by atoms with Crippen LogP contribution in [-0.4, -0.2) is 38.4 Å². The number of carbonyl (C=O) groups is 2. The van der Waals surface area contributed by atoms with Crippen LogP contribution in [0.3, 0.4) is 0 Å². The smallest absolute Gasteiger partial charge is 0.309 e. The zero-order valence-corrected chi connectivity index (χ0v) is 19.3. The van der Waals surface area contributed by atoms with Crippen molar-refractivity contribution in [2.24, 2.45) is 0 Å². The van der Waals surface area contributed by atoms with Crippen LogP contribution in [-0.2, 0) is 31.9 Å². The Hall–Kier alpha value is -3.02. The minimum Gasteiger partial charge on any atom is -0.490 e. The van der Waals surface area contributed by atoms with Crippen molar-refractivity contribution in [2.75, 3.05) is 14.2 Å². The van der Waals surface area contributed by atoms with Crippen molar-refractivity contribution in [3.8, 4) is 11.5 Å². The van der Waals surface area contributed by atoms with Crippen LogP contribution in [0.15, 0.2) is 36.4 Å². The van der Waals surface area contributed by atoms with Crippen LogP contribution in [0.2, 0.25) is 0 Å². The Morgan fingerprint density at radius 3 is 1.56 bits per heavy atom. The number of hydrogen-bond acceptors (Lipinski definition) is 6. The number of aryl methyl sites for hydroxylation is 4. The van der Waals surface area contributed by atoms with Gasteiger partial charge in [0.15, 0.2) is 0 Å². The largest absolute Gasteiger partial charge is 0.490 e. The Labute approximate surface area is 189 Å². The Kier molecular flexibility index (Phi) is 8.14. The van der Waals surface area contributed by atoms with Gasteiger partial charge in [-0.25, -0.2) is 0 Å². The summed E-state index contributed by atoms with van der Waals surface area (Å²) < 4.78 is 20.8. The Bertz CT molecular complexity index is 874. The Balaban J connectivity index is 0.000000181. The molecule has 0 aliphatic carbocycles. The molecule has 32 heavy (non-hydrogen) atoms. The molecule has 2 aromatic rings. The van der Waals surface area contributed by atoms with Crippen molar-refractivity contribution in [2.45, 2.75) is 64.6 Å². The van der Waals surface area contributed by atoms with E-state index >= 15 is 0 Å². The van der Waals surface area contributed by atoms with Crippen LogP contribution >= 0.6 is 0 Å². The van der Waals surface area contributed by atoms with Gasteiger partial charge in [0.2, 0.25) is 0 Å². The van der Waals surface area contributed by atoms with Crippen molar-refractivity contribution < 1.29 is 28.5 Å². The number of rotatable bonds is 4. The highest BCUT2D eigenvalue weighted by atomic mass is 16.5. The number of ether oxygens (including phenoxy) is 4. The van der Waals surface area contributed by atoms with Crippen LogP contribution in [0.25, 0.3) is 0 Å². The van der Waals surface area contributed by atoms with Crippen LogP contribution in [0.4, 0.5) is 0 Å². The molecule has 6 nitrogen and oxygen atoms in total. The number of carbonyl (C=O) groups excluding carboxylic acids is 2. The molecular weight excluding hydrogens is 408 g/mol. The molecule has 0 saturated carbocycles. The fourth-order valence-electron chi connectivity index (χ4n) is 3.97. The third-order valence-corrected chi connectivity index (χ3v) is 5.73. The third-order valence-electron chi connectivity index (χ3n) is 5.73. The van der Waals surface area contributed by atoms with E-state index < -0.39 is 0 Å². The third kappa shape index (κ3) is 6.49. The topological polar surface area (TPSA) is 71.1 Å². The highest BCUT2D eigenvalue weighted by Crippen LogP contribution is 2.30. The lowest BCUT2D eigenvalue weighted by Gasteiger charge is -2.25. The molecule has 2 aromatic carbocycles. The summed E-state index contributed by atoms with van der Waals surface area (Å²) in [4.78, 5) is 22.3. The number of hydrogen-bond donors (Lipinski definition) is 0. The maximum absolute atomic E-state index is 11.1. The van der Waals surface area contributed by atoms with E-state index in [-0.39, 0.29) is 24.1 Å². The summed E-state index contributed by atoms with van der Waals surface area (Å²) in [5.41, 5.74) is 4.96. The summed E-state index contributed by atoms with van der Waals surface area (Å²) in [7, 11) is 2.81. The van der Waals surface area contributed by atoms with Crippen LogP contribution in [0.5, 0.6) is 11.5 Å². The fraction of sp³-hybridized carbons (Fsp3) is 0.462. The maximum Gasteiger partial charge on any atom is 0.309 e. The van der Waals surface area contributed by atoms with E-state index in [0.717, 1.165) is 37.2 Å². The standard InChI is InChI=1S/2C13H16O3/c2*1-9-3-6-12-10(7-9)4-5-11(16-12)8-13(14)15-2/h2*3,6-7,11H,4-5,8H2,1-2H3/t2*11-/m10/s1. The molecular formula is C26H32O6. The van der Waals surface area contributed by atoms with Crippen molar-refractivity contribution in [1.29, 1.82) is 0 Å². The molecule has 0 amide bonds. The van der Waals surface area contributed by atoms with Crippen LogP contribution in [0.1, 0.15) is 47.9 Å². The number of methoxy groups -OCH3 is 2. The minimum absolute atomic E-state index is 0.0392. The van der Waals surface area contributed by atoms with E-state index in [4.69, 9.17) is 9.47 Å². The molecule has 0 bridgehead atoms. The average Bonchev–Trinajstić information content (AvgIpc) is 2.79. The summed E-state index contributed by atoms with van der Waals surface area (Å²) >= 11 is 0. The molecule has 172 valence electrons. The SMILES string of the molecule is COC(=O)C[C@@H]1CCc2cc(C)ccc2O1.COC(=O)C[C@H]1CCc2cc(C)ccc2O1. The van der Waals surface area contributed by atoms with Gasteiger partial charge in [-0.1, -0.05) is 35.4 Å². The van der Waals surface area contributed by atoms with E-state index in [9.17, 15) is 9.59 Å². The summed E-state index contributed by atoms with van der Waals surface area (Å²) in [6.07, 6.45) is 4.30. The van der Waals surface area contributed by atoms with E-state index in [1.807, 2.05) is 24.3 Å². The fourth-order valence-corrected chi connectivity index (χ4v) is 3.97. The summed E-state index contributed by atoms with van der Waals surface area (Å²) in [6.45, 7) is 4.14. The molecule has 0 aromatic heterocycles. The first-order valence-electron chi connectivity index (χ1n) is 11.0. The van der Waals surface area contributed by atoms with Gasteiger partial charge < -0.3 is 18.9 Å². The molecule has 2 aliphatic heterocycles. The first-order valence-corrected chi connectivity index (χ1v) is 11.0. The minimum atomic E-state index is -0.208. The lowest BCUT2D eigenvalue weighted by Crippen LogP contribution is -2.26.